The van der Waals surface area contributed by atoms with Crippen LogP contribution in [0.5, 0.6) is 0 Å². The lowest BCUT2D eigenvalue weighted by molar-refractivity contribution is -0.946. The van der Waals surface area contributed by atoms with Gasteiger partial charge in [-0.2, -0.15) is 0 Å². The van der Waals surface area contributed by atoms with Crippen molar-refractivity contribution in [2.75, 3.05) is 20.1 Å². The molecule has 1 N–H and O–H groups in total. The highest BCUT2D eigenvalue weighted by Crippen LogP contribution is 2.31. The number of hydrogen-bond acceptors (Lipinski definition) is 1. The molecule has 0 saturated carbocycles. The molecule has 2 nitrogen and oxygen atoms in total. The molecule has 2 heteroatoms. The summed E-state index contributed by atoms with van der Waals surface area (Å²) in [6.07, 6.45) is 6.18. The van der Waals surface area contributed by atoms with Crippen LogP contribution in [0.2, 0.25) is 0 Å². The molecule has 12 heavy (non-hydrogen) atoms. The topological polar surface area (TPSA) is 20.2 Å². The molecule has 0 aliphatic carbocycles. The van der Waals surface area contributed by atoms with Gasteiger partial charge >= 0.3 is 0 Å². The van der Waals surface area contributed by atoms with E-state index >= 15 is 0 Å². The first kappa shape index (κ1) is 8.52. The number of nitrogens with zero attached hydrogens (tertiary/aromatic N) is 1. The lowest BCUT2D eigenvalue weighted by Crippen LogP contribution is -2.62. The molecule has 70 valence electrons. The van der Waals surface area contributed by atoms with Crippen LogP contribution in [0, 0.1) is 0 Å². The number of likely N-dealkylation sites (N-methyl/N-ethyl adjacent to an activating group) is 1. The van der Waals surface area contributed by atoms with Gasteiger partial charge in [-0.1, -0.05) is 0 Å². The second-order valence-electron chi connectivity index (χ2n) is 4.70. The molecule has 3 atom stereocenters. The molecule has 2 heterocycles. The Bertz CT molecular complexity index is 167. The fourth-order valence-electron chi connectivity index (χ4n) is 3.04. The third-order valence-electron chi connectivity index (χ3n) is 3.83. The summed E-state index contributed by atoms with van der Waals surface area (Å²) in [7, 11) is 2.33. The molecule has 1 unspecified atom stereocenters. The highest BCUT2D eigenvalue weighted by atomic mass is 16.3. The summed E-state index contributed by atoms with van der Waals surface area (Å²) in [5, 5.41) is 9.85. The third kappa shape index (κ3) is 1.27. The van der Waals surface area contributed by atoms with E-state index in [4.69, 9.17) is 0 Å². The summed E-state index contributed by atoms with van der Waals surface area (Å²) in [6, 6.07) is 0.562. The summed E-state index contributed by atoms with van der Waals surface area (Å²) in [5.41, 5.74) is 0. The number of piperidine rings is 2. The Morgan fingerprint density at radius 1 is 1.08 bits per heavy atom. The van der Waals surface area contributed by atoms with Gasteiger partial charge in [0.25, 0.3) is 0 Å². The largest absolute Gasteiger partial charge is 0.387 e. The number of aliphatic hydroxyl groups is 1. The number of fused-ring (bicyclic) bond motifs is 1. The van der Waals surface area contributed by atoms with E-state index < -0.39 is 0 Å². The van der Waals surface area contributed by atoms with Crippen molar-refractivity contribution in [3.05, 3.63) is 0 Å². The SMILES string of the molecule is C[N+]12CCCC[C@@H]1[C@@H](O)CCC2. The van der Waals surface area contributed by atoms with Crippen LogP contribution in [0.3, 0.4) is 0 Å². The molecule has 2 saturated heterocycles. The number of quaternary nitrogens is 1. The van der Waals surface area contributed by atoms with Crippen LogP contribution >= 0.6 is 0 Å². The molecule has 0 aromatic carbocycles. The Hall–Kier alpha value is -0.0800. The van der Waals surface area contributed by atoms with Crippen LogP contribution < -0.4 is 0 Å². The van der Waals surface area contributed by atoms with Crippen molar-refractivity contribution >= 4 is 0 Å². The Kier molecular flexibility index (Phi) is 2.13. The smallest absolute Gasteiger partial charge is 0.115 e. The molecule has 2 rings (SSSR count). The Balaban J connectivity index is 2.12. The van der Waals surface area contributed by atoms with Crippen molar-refractivity contribution in [2.45, 2.75) is 44.2 Å². The summed E-state index contributed by atoms with van der Waals surface area (Å²) in [6.45, 7) is 2.59. The van der Waals surface area contributed by atoms with E-state index in [-0.39, 0.29) is 6.10 Å². The molecule has 2 aliphatic rings. The average molecular weight is 170 g/mol. The minimum atomic E-state index is -0.0101. The fourth-order valence-corrected chi connectivity index (χ4v) is 3.04. The maximum atomic E-state index is 9.85. The zero-order chi connectivity index (χ0) is 8.60. The molecule has 2 fully saturated rings. The van der Waals surface area contributed by atoms with E-state index in [0.717, 1.165) is 10.9 Å². The van der Waals surface area contributed by atoms with Crippen molar-refractivity contribution in [3.63, 3.8) is 0 Å². The Morgan fingerprint density at radius 2 is 1.83 bits per heavy atom. The normalized spacial score (nSPS) is 48.5. The minimum Gasteiger partial charge on any atom is -0.387 e. The van der Waals surface area contributed by atoms with Crippen LogP contribution in [-0.2, 0) is 0 Å². The fraction of sp³-hybridized carbons (Fsp3) is 1.00. The molecule has 0 bridgehead atoms. The molecule has 0 amide bonds. The Labute approximate surface area is 74.8 Å². The van der Waals surface area contributed by atoms with Gasteiger partial charge in [0.2, 0.25) is 0 Å². The minimum absolute atomic E-state index is 0.0101. The molecule has 0 aromatic heterocycles. The van der Waals surface area contributed by atoms with E-state index in [1.54, 1.807) is 0 Å². The van der Waals surface area contributed by atoms with Gasteiger partial charge in [0.1, 0.15) is 12.1 Å². The first-order chi connectivity index (χ1) is 5.72. The molecule has 0 radical (unpaired) electrons. The maximum Gasteiger partial charge on any atom is 0.115 e. The second-order valence-corrected chi connectivity index (χ2v) is 4.70. The van der Waals surface area contributed by atoms with Gasteiger partial charge in [0.15, 0.2) is 0 Å². The molecular weight excluding hydrogens is 150 g/mol. The first-order valence-electron chi connectivity index (χ1n) is 5.25. The van der Waals surface area contributed by atoms with Crippen LogP contribution in [0.15, 0.2) is 0 Å². The summed E-state index contributed by atoms with van der Waals surface area (Å²) in [5.74, 6) is 0. The summed E-state index contributed by atoms with van der Waals surface area (Å²) < 4.78 is 1.15. The highest BCUT2D eigenvalue weighted by Gasteiger charge is 2.42. The molecule has 2 aliphatic heterocycles. The van der Waals surface area contributed by atoms with Crippen molar-refractivity contribution in [2.24, 2.45) is 0 Å². The van der Waals surface area contributed by atoms with Crippen molar-refractivity contribution in [1.29, 1.82) is 0 Å². The van der Waals surface area contributed by atoms with Gasteiger partial charge in [-0.15, -0.1) is 0 Å². The van der Waals surface area contributed by atoms with Crippen molar-refractivity contribution in [3.8, 4) is 0 Å². The zero-order valence-corrected chi connectivity index (χ0v) is 8.00. The Morgan fingerprint density at radius 3 is 2.58 bits per heavy atom. The predicted octanol–water partition coefficient (Wildman–Crippen LogP) is 1.14. The van der Waals surface area contributed by atoms with Crippen molar-refractivity contribution in [1.82, 2.24) is 0 Å². The van der Waals surface area contributed by atoms with Gasteiger partial charge in [-0.3, -0.25) is 0 Å². The van der Waals surface area contributed by atoms with E-state index in [9.17, 15) is 5.11 Å². The number of aliphatic hydroxyl groups excluding tert-OH is 1. The lowest BCUT2D eigenvalue weighted by atomic mass is 9.88. The second kappa shape index (κ2) is 3.00. The standard InChI is InChI=1S/C10H20NO/c1-11-7-3-2-5-9(11)10(12)6-4-8-11/h9-10,12H,2-8H2,1H3/q+1/t9-,10+,11?/m1/s1. The monoisotopic (exact) mass is 170 g/mol. The van der Waals surface area contributed by atoms with Gasteiger partial charge in [-0.05, 0) is 25.7 Å². The first-order valence-corrected chi connectivity index (χ1v) is 5.25. The molecular formula is C10H20NO+. The third-order valence-corrected chi connectivity index (χ3v) is 3.83. The molecule has 0 aromatic rings. The van der Waals surface area contributed by atoms with Gasteiger partial charge in [0, 0.05) is 6.42 Å². The highest BCUT2D eigenvalue weighted by molar-refractivity contribution is 4.77. The van der Waals surface area contributed by atoms with Crippen LogP contribution in [0.25, 0.3) is 0 Å². The quantitative estimate of drug-likeness (QED) is 0.541. The number of rotatable bonds is 0. The van der Waals surface area contributed by atoms with Gasteiger partial charge in [-0.25, -0.2) is 0 Å². The lowest BCUT2D eigenvalue weighted by Gasteiger charge is -2.49. The van der Waals surface area contributed by atoms with E-state index in [2.05, 4.69) is 7.05 Å². The van der Waals surface area contributed by atoms with E-state index in [1.807, 2.05) is 0 Å². The van der Waals surface area contributed by atoms with E-state index in [0.29, 0.717) is 6.04 Å². The predicted molar refractivity (Wildman–Crippen MR) is 48.8 cm³/mol. The molecule has 0 spiro atoms. The maximum absolute atomic E-state index is 9.85. The number of hydrogen-bond donors (Lipinski definition) is 1. The van der Waals surface area contributed by atoms with Crippen LogP contribution in [-0.4, -0.2) is 41.9 Å². The summed E-state index contributed by atoms with van der Waals surface area (Å²) >= 11 is 0. The average Bonchev–Trinajstić information content (AvgIpc) is 2.04. The summed E-state index contributed by atoms with van der Waals surface area (Å²) in [4.78, 5) is 0. The van der Waals surface area contributed by atoms with Crippen LogP contribution in [0.4, 0.5) is 0 Å². The van der Waals surface area contributed by atoms with Crippen molar-refractivity contribution < 1.29 is 9.59 Å². The zero-order valence-electron chi connectivity index (χ0n) is 8.00. The van der Waals surface area contributed by atoms with Gasteiger partial charge < -0.3 is 9.59 Å². The van der Waals surface area contributed by atoms with Gasteiger partial charge in [0.05, 0.1) is 20.1 Å². The van der Waals surface area contributed by atoms with Crippen LogP contribution in [0.1, 0.15) is 32.1 Å². The van der Waals surface area contributed by atoms with E-state index in [1.165, 1.54) is 38.8 Å².